The van der Waals surface area contributed by atoms with Crippen molar-refractivity contribution in [3.05, 3.63) is 106 Å². The number of hydrogen-bond donors (Lipinski definition) is 0. The monoisotopic (exact) mass is 382 g/mol. The Labute approximate surface area is 169 Å². The summed E-state index contributed by atoms with van der Waals surface area (Å²) >= 11 is 6.07. The number of halogens is 1. The van der Waals surface area contributed by atoms with E-state index in [0.717, 1.165) is 39.0 Å². The number of aliphatic imine (C=N–C) groups is 1. The molecular formula is C25H19ClN2. The summed E-state index contributed by atoms with van der Waals surface area (Å²) in [6.45, 7) is 2.07. The van der Waals surface area contributed by atoms with Gasteiger partial charge in [0.25, 0.3) is 0 Å². The minimum Gasteiger partial charge on any atom is -0.256 e. The maximum absolute atomic E-state index is 6.07. The van der Waals surface area contributed by atoms with Crippen LogP contribution in [0.3, 0.4) is 0 Å². The van der Waals surface area contributed by atoms with Gasteiger partial charge in [-0.3, -0.25) is 4.99 Å². The van der Waals surface area contributed by atoms with Gasteiger partial charge in [-0.15, -0.1) is 0 Å². The largest absolute Gasteiger partial charge is 0.256 e. The molecule has 3 heteroatoms. The van der Waals surface area contributed by atoms with Crippen molar-refractivity contribution >= 4 is 46.6 Å². The molecule has 0 fully saturated rings. The standard InChI is InChI=1S/C25H19ClN2/c1-18-5-2-3-8-24(18)27-17-20-7-4-6-19(15-20)9-13-23-14-11-21-10-12-22(26)16-25(21)28-23/h2-17H,1H3/b13-9+,27-17?. The molecule has 0 saturated carbocycles. The van der Waals surface area contributed by atoms with Gasteiger partial charge in [0, 0.05) is 16.6 Å². The molecule has 0 radical (unpaired) electrons. The Kier molecular flexibility index (Phi) is 5.31. The molecule has 1 heterocycles. The third-order valence-corrected chi connectivity index (χ3v) is 4.74. The first-order valence-corrected chi connectivity index (χ1v) is 9.49. The molecule has 0 unspecified atom stereocenters. The first-order valence-electron chi connectivity index (χ1n) is 9.11. The van der Waals surface area contributed by atoms with Gasteiger partial charge in [0.15, 0.2) is 0 Å². The van der Waals surface area contributed by atoms with Crippen LogP contribution in [0.15, 0.2) is 83.9 Å². The molecule has 0 aliphatic rings. The highest BCUT2D eigenvalue weighted by Crippen LogP contribution is 2.19. The van der Waals surface area contributed by atoms with E-state index in [1.165, 1.54) is 0 Å². The summed E-state index contributed by atoms with van der Waals surface area (Å²) in [6, 6.07) is 26.2. The molecule has 0 atom stereocenters. The van der Waals surface area contributed by atoms with E-state index in [4.69, 9.17) is 11.6 Å². The van der Waals surface area contributed by atoms with E-state index in [2.05, 4.69) is 53.3 Å². The fourth-order valence-corrected chi connectivity index (χ4v) is 3.14. The minimum absolute atomic E-state index is 0.696. The molecule has 4 aromatic rings. The second-order valence-corrected chi connectivity index (χ2v) is 7.06. The summed E-state index contributed by atoms with van der Waals surface area (Å²) in [5.41, 5.74) is 6.10. The average Bonchev–Trinajstić information content (AvgIpc) is 2.71. The highest BCUT2D eigenvalue weighted by atomic mass is 35.5. The van der Waals surface area contributed by atoms with Gasteiger partial charge in [-0.1, -0.05) is 66.2 Å². The maximum Gasteiger partial charge on any atom is 0.0724 e. The molecule has 2 nitrogen and oxygen atoms in total. The zero-order valence-electron chi connectivity index (χ0n) is 15.5. The molecule has 0 bridgehead atoms. The van der Waals surface area contributed by atoms with Gasteiger partial charge in [0.2, 0.25) is 0 Å². The Balaban J connectivity index is 1.55. The molecule has 1 aromatic heterocycles. The molecular weight excluding hydrogens is 364 g/mol. The molecule has 0 aliphatic heterocycles. The van der Waals surface area contributed by atoms with Crippen molar-refractivity contribution in [2.75, 3.05) is 0 Å². The van der Waals surface area contributed by atoms with E-state index in [9.17, 15) is 0 Å². The quantitative estimate of drug-likeness (QED) is 0.345. The van der Waals surface area contributed by atoms with E-state index < -0.39 is 0 Å². The van der Waals surface area contributed by atoms with Crippen LogP contribution in [0, 0.1) is 6.92 Å². The fourth-order valence-electron chi connectivity index (χ4n) is 2.98. The topological polar surface area (TPSA) is 25.2 Å². The Morgan fingerprint density at radius 2 is 1.64 bits per heavy atom. The number of aromatic nitrogens is 1. The van der Waals surface area contributed by atoms with Crippen LogP contribution in [0.2, 0.25) is 5.02 Å². The summed E-state index contributed by atoms with van der Waals surface area (Å²) < 4.78 is 0. The van der Waals surface area contributed by atoms with Crippen LogP contribution >= 0.6 is 11.6 Å². The Morgan fingerprint density at radius 3 is 2.54 bits per heavy atom. The second-order valence-electron chi connectivity index (χ2n) is 6.62. The Bertz CT molecular complexity index is 1190. The van der Waals surface area contributed by atoms with Crippen molar-refractivity contribution in [2.45, 2.75) is 6.92 Å². The SMILES string of the molecule is Cc1ccccc1N=Cc1cccc(/C=C/c2ccc3ccc(Cl)cc3n2)c1. The molecule has 136 valence electrons. The van der Waals surface area contributed by atoms with Gasteiger partial charge in [0.1, 0.15) is 0 Å². The first-order chi connectivity index (χ1) is 13.7. The van der Waals surface area contributed by atoms with Crippen molar-refractivity contribution in [1.29, 1.82) is 0 Å². The van der Waals surface area contributed by atoms with Crippen molar-refractivity contribution in [1.82, 2.24) is 4.98 Å². The van der Waals surface area contributed by atoms with Gasteiger partial charge in [-0.25, -0.2) is 4.98 Å². The lowest BCUT2D eigenvalue weighted by Gasteiger charge is -2.01. The number of para-hydroxylation sites is 1. The number of aryl methyl sites for hydroxylation is 1. The first kappa shape index (κ1) is 18.1. The predicted octanol–water partition coefficient (Wildman–Crippen LogP) is 7.12. The van der Waals surface area contributed by atoms with Crippen LogP contribution in [-0.4, -0.2) is 11.2 Å². The van der Waals surface area contributed by atoms with E-state index in [1.54, 1.807) is 0 Å². The van der Waals surface area contributed by atoms with Crippen LogP contribution in [0.4, 0.5) is 5.69 Å². The molecule has 3 aromatic carbocycles. The van der Waals surface area contributed by atoms with Crippen LogP contribution < -0.4 is 0 Å². The number of nitrogens with zero attached hydrogens (tertiary/aromatic N) is 2. The molecule has 0 amide bonds. The summed E-state index contributed by atoms with van der Waals surface area (Å²) in [5, 5.41) is 1.78. The molecule has 4 rings (SSSR count). The van der Waals surface area contributed by atoms with Gasteiger partial charge in [-0.05, 0) is 60.0 Å². The molecule has 0 spiro atoms. The van der Waals surface area contributed by atoms with Crippen LogP contribution in [0.25, 0.3) is 23.1 Å². The Morgan fingerprint density at radius 1 is 0.821 bits per heavy atom. The highest BCUT2D eigenvalue weighted by molar-refractivity contribution is 6.31. The van der Waals surface area contributed by atoms with Crippen LogP contribution in [0.5, 0.6) is 0 Å². The molecule has 28 heavy (non-hydrogen) atoms. The lowest BCUT2D eigenvalue weighted by molar-refractivity contribution is 1.37. The number of rotatable bonds is 4. The van der Waals surface area contributed by atoms with Crippen molar-refractivity contribution in [3.8, 4) is 0 Å². The maximum atomic E-state index is 6.07. The Hall–Kier alpha value is -3.23. The summed E-state index contributed by atoms with van der Waals surface area (Å²) in [7, 11) is 0. The van der Waals surface area contributed by atoms with Gasteiger partial charge in [0.05, 0.1) is 16.9 Å². The number of hydrogen-bond acceptors (Lipinski definition) is 2. The fraction of sp³-hybridized carbons (Fsp3) is 0.0400. The van der Waals surface area contributed by atoms with E-state index in [0.29, 0.717) is 5.02 Å². The summed E-state index contributed by atoms with van der Waals surface area (Å²) in [4.78, 5) is 9.27. The predicted molar refractivity (Wildman–Crippen MR) is 121 cm³/mol. The van der Waals surface area contributed by atoms with Gasteiger partial charge >= 0.3 is 0 Å². The third-order valence-electron chi connectivity index (χ3n) is 4.50. The lowest BCUT2D eigenvalue weighted by atomic mass is 10.1. The minimum atomic E-state index is 0.696. The van der Waals surface area contributed by atoms with E-state index >= 15 is 0 Å². The smallest absolute Gasteiger partial charge is 0.0724 e. The van der Waals surface area contributed by atoms with E-state index in [1.807, 2.05) is 60.8 Å². The van der Waals surface area contributed by atoms with Gasteiger partial charge in [-0.2, -0.15) is 0 Å². The normalized spacial score (nSPS) is 11.6. The van der Waals surface area contributed by atoms with Crippen molar-refractivity contribution < 1.29 is 0 Å². The highest BCUT2D eigenvalue weighted by Gasteiger charge is 1.98. The third kappa shape index (κ3) is 4.36. The molecule has 0 saturated heterocycles. The second kappa shape index (κ2) is 8.20. The van der Waals surface area contributed by atoms with Crippen LogP contribution in [-0.2, 0) is 0 Å². The van der Waals surface area contributed by atoms with Crippen LogP contribution in [0.1, 0.15) is 22.4 Å². The zero-order chi connectivity index (χ0) is 19.3. The average molecular weight is 383 g/mol. The summed E-state index contributed by atoms with van der Waals surface area (Å²) in [6.07, 6.45) is 5.97. The van der Waals surface area contributed by atoms with Crippen molar-refractivity contribution in [3.63, 3.8) is 0 Å². The number of fused-ring (bicyclic) bond motifs is 1. The van der Waals surface area contributed by atoms with E-state index in [-0.39, 0.29) is 0 Å². The summed E-state index contributed by atoms with van der Waals surface area (Å²) in [5.74, 6) is 0. The number of benzene rings is 3. The molecule has 0 aliphatic carbocycles. The lowest BCUT2D eigenvalue weighted by Crippen LogP contribution is -1.84. The molecule has 0 N–H and O–H groups in total. The van der Waals surface area contributed by atoms with Gasteiger partial charge < -0.3 is 0 Å². The zero-order valence-corrected chi connectivity index (χ0v) is 16.3. The van der Waals surface area contributed by atoms with Crippen molar-refractivity contribution in [2.24, 2.45) is 4.99 Å². The number of pyridine rings is 1.